The van der Waals surface area contributed by atoms with E-state index in [0.717, 1.165) is 23.4 Å². The molecule has 2 aromatic rings. The quantitative estimate of drug-likeness (QED) is 0.700. The molecule has 0 aromatic heterocycles. The molecule has 2 heterocycles. The Kier molecular flexibility index (Phi) is 4.73. The van der Waals surface area contributed by atoms with Gasteiger partial charge in [-0.1, -0.05) is 45.0 Å². The van der Waals surface area contributed by atoms with Crippen molar-refractivity contribution in [1.29, 1.82) is 0 Å². The van der Waals surface area contributed by atoms with E-state index in [2.05, 4.69) is 81.2 Å². The van der Waals surface area contributed by atoms with E-state index >= 15 is 0 Å². The molecular formula is C25H32N2O. The van der Waals surface area contributed by atoms with Crippen LogP contribution in [0, 0.1) is 19.3 Å². The van der Waals surface area contributed by atoms with E-state index < -0.39 is 0 Å². The number of hydrogen-bond acceptors (Lipinski definition) is 2. The minimum atomic E-state index is -0.00768. The van der Waals surface area contributed by atoms with Crippen LogP contribution in [-0.4, -0.2) is 12.5 Å². The molecule has 1 aliphatic carbocycles. The molecule has 2 aliphatic heterocycles. The average molecular weight is 377 g/mol. The Labute approximate surface area is 169 Å². The van der Waals surface area contributed by atoms with E-state index in [4.69, 9.17) is 0 Å². The van der Waals surface area contributed by atoms with Crippen molar-refractivity contribution in [2.45, 2.75) is 65.8 Å². The summed E-state index contributed by atoms with van der Waals surface area (Å²) < 4.78 is 0. The number of nitrogens with zero attached hydrogens (tertiary/aromatic N) is 1. The number of aryl methyl sites for hydroxylation is 2. The molecule has 1 amide bonds. The van der Waals surface area contributed by atoms with Crippen molar-refractivity contribution in [1.82, 2.24) is 0 Å². The second kappa shape index (κ2) is 6.95. The molecule has 3 nitrogen and oxygen atoms in total. The largest absolute Gasteiger partial charge is 0.364 e. The number of hydrogen-bond donors (Lipinski definition) is 1. The molecule has 28 heavy (non-hydrogen) atoms. The van der Waals surface area contributed by atoms with Gasteiger partial charge in [-0.25, -0.2) is 0 Å². The number of nitrogens with one attached hydrogen (secondary N) is 1. The molecule has 148 valence electrons. The molecule has 0 radical (unpaired) electrons. The van der Waals surface area contributed by atoms with Crippen LogP contribution >= 0.6 is 0 Å². The second-order valence-electron chi connectivity index (χ2n) is 9.81. The van der Waals surface area contributed by atoms with Crippen LogP contribution in [0.15, 0.2) is 36.4 Å². The molecule has 2 atom stereocenters. The molecule has 5 rings (SSSR count). The number of benzene rings is 2. The summed E-state index contributed by atoms with van der Waals surface area (Å²) >= 11 is 0. The Bertz CT molecular complexity index is 886. The smallest absolute Gasteiger partial charge is 0.224 e. The highest BCUT2D eigenvalue weighted by Gasteiger charge is 2.38. The molecule has 3 aliphatic rings. The summed E-state index contributed by atoms with van der Waals surface area (Å²) in [6.45, 7) is 11.6. The summed E-state index contributed by atoms with van der Waals surface area (Å²) in [6.07, 6.45) is 3.04. The zero-order valence-corrected chi connectivity index (χ0v) is 17.8. The topological polar surface area (TPSA) is 32.3 Å². The number of carbonyl (C=O) groups is 1. The molecular weight excluding hydrogens is 344 g/mol. The fourth-order valence-electron chi connectivity index (χ4n) is 4.99. The zero-order chi connectivity index (χ0) is 20.1. The number of piperidine rings is 1. The Balaban J connectivity index is 1.60. The van der Waals surface area contributed by atoms with E-state index in [1.165, 1.54) is 24.1 Å². The SMILES string of the molecule is Cc1cc(N2CC3CCC2c2ccccc23)cc(C)c1NC(=O)CC(C)(C)C. The van der Waals surface area contributed by atoms with Gasteiger partial charge in [-0.3, -0.25) is 4.79 Å². The summed E-state index contributed by atoms with van der Waals surface area (Å²) in [5.41, 5.74) is 7.59. The van der Waals surface area contributed by atoms with Crippen molar-refractivity contribution in [2.75, 3.05) is 16.8 Å². The van der Waals surface area contributed by atoms with E-state index in [-0.39, 0.29) is 11.3 Å². The molecule has 0 spiro atoms. The van der Waals surface area contributed by atoms with Crippen molar-refractivity contribution in [3.05, 3.63) is 58.7 Å². The maximum atomic E-state index is 12.4. The van der Waals surface area contributed by atoms with Gasteiger partial charge in [-0.2, -0.15) is 0 Å². The third-order valence-corrected chi connectivity index (χ3v) is 6.18. The number of amides is 1. The summed E-state index contributed by atoms with van der Waals surface area (Å²) in [4.78, 5) is 15.0. The van der Waals surface area contributed by atoms with Crippen molar-refractivity contribution in [3.8, 4) is 0 Å². The minimum absolute atomic E-state index is 0.00768. The molecule has 3 heteroatoms. The second-order valence-corrected chi connectivity index (χ2v) is 9.81. The molecule has 2 unspecified atom stereocenters. The monoisotopic (exact) mass is 376 g/mol. The number of fused-ring (bicyclic) bond motifs is 2. The van der Waals surface area contributed by atoms with Gasteiger partial charge >= 0.3 is 0 Å². The van der Waals surface area contributed by atoms with Crippen LogP contribution in [0.2, 0.25) is 0 Å². The van der Waals surface area contributed by atoms with Crippen LogP contribution in [0.1, 0.15) is 74.2 Å². The van der Waals surface area contributed by atoms with Crippen LogP contribution in [-0.2, 0) is 4.79 Å². The van der Waals surface area contributed by atoms with Gasteiger partial charge in [0.05, 0.1) is 6.04 Å². The summed E-state index contributed by atoms with van der Waals surface area (Å²) in [5.74, 6) is 0.727. The maximum absolute atomic E-state index is 12.4. The van der Waals surface area contributed by atoms with Gasteiger partial charge < -0.3 is 10.2 Å². The Morgan fingerprint density at radius 1 is 1.07 bits per heavy atom. The molecule has 0 saturated carbocycles. The first kappa shape index (κ1) is 19.0. The third-order valence-electron chi connectivity index (χ3n) is 6.18. The first-order valence-electron chi connectivity index (χ1n) is 10.5. The maximum Gasteiger partial charge on any atom is 0.224 e. The molecule has 2 aromatic carbocycles. The Morgan fingerprint density at radius 2 is 1.71 bits per heavy atom. The summed E-state index contributed by atoms with van der Waals surface area (Å²) in [6, 6.07) is 13.9. The lowest BCUT2D eigenvalue weighted by atomic mass is 9.74. The standard InChI is InChI=1S/C25H32N2O/c1-16-12-19(13-17(2)24(16)26-23(28)14-25(3,4)5)27-15-18-10-11-22(27)21-9-7-6-8-20(18)21/h6-9,12-13,18,22H,10-11,14-15H2,1-5H3,(H,26,28). The van der Waals surface area contributed by atoms with E-state index in [1.807, 2.05) is 0 Å². The van der Waals surface area contributed by atoms with Gasteiger partial charge in [-0.15, -0.1) is 0 Å². The average Bonchev–Trinajstić information content (AvgIpc) is 2.64. The number of rotatable bonds is 3. The third kappa shape index (κ3) is 3.55. The van der Waals surface area contributed by atoms with Gasteiger partial charge in [0.15, 0.2) is 0 Å². The first-order chi connectivity index (χ1) is 13.2. The van der Waals surface area contributed by atoms with Gasteiger partial charge in [0, 0.05) is 30.3 Å². The van der Waals surface area contributed by atoms with Crippen LogP contribution in [0.5, 0.6) is 0 Å². The van der Waals surface area contributed by atoms with Gasteiger partial charge in [-0.05, 0) is 66.5 Å². The molecule has 1 N–H and O–H groups in total. The number of carbonyl (C=O) groups excluding carboxylic acids is 1. The van der Waals surface area contributed by atoms with Gasteiger partial charge in [0.1, 0.15) is 0 Å². The normalized spacial score (nSPS) is 20.8. The predicted molar refractivity (Wildman–Crippen MR) is 117 cm³/mol. The van der Waals surface area contributed by atoms with Crippen molar-refractivity contribution in [2.24, 2.45) is 5.41 Å². The molecule has 1 fully saturated rings. The van der Waals surface area contributed by atoms with E-state index in [1.54, 1.807) is 5.56 Å². The highest BCUT2D eigenvalue weighted by molar-refractivity contribution is 5.93. The lowest BCUT2D eigenvalue weighted by molar-refractivity contribution is -0.117. The van der Waals surface area contributed by atoms with Gasteiger partial charge in [0.25, 0.3) is 0 Å². The summed E-state index contributed by atoms with van der Waals surface area (Å²) in [5, 5.41) is 3.16. The Hall–Kier alpha value is -2.29. The van der Waals surface area contributed by atoms with E-state index in [0.29, 0.717) is 18.4 Å². The van der Waals surface area contributed by atoms with Crippen LogP contribution < -0.4 is 10.2 Å². The molecule has 1 saturated heterocycles. The van der Waals surface area contributed by atoms with Crippen molar-refractivity contribution >= 4 is 17.3 Å². The van der Waals surface area contributed by atoms with Gasteiger partial charge in [0.2, 0.25) is 5.91 Å². The van der Waals surface area contributed by atoms with Crippen LogP contribution in [0.3, 0.4) is 0 Å². The van der Waals surface area contributed by atoms with E-state index in [9.17, 15) is 4.79 Å². The minimum Gasteiger partial charge on any atom is -0.364 e. The van der Waals surface area contributed by atoms with Crippen LogP contribution in [0.25, 0.3) is 0 Å². The van der Waals surface area contributed by atoms with Crippen molar-refractivity contribution in [3.63, 3.8) is 0 Å². The lowest BCUT2D eigenvalue weighted by Crippen LogP contribution is -2.42. The lowest BCUT2D eigenvalue weighted by Gasteiger charge is -2.48. The Morgan fingerprint density at radius 3 is 2.36 bits per heavy atom. The molecule has 2 bridgehead atoms. The fraction of sp³-hybridized carbons (Fsp3) is 0.480. The summed E-state index contributed by atoms with van der Waals surface area (Å²) in [7, 11) is 0. The van der Waals surface area contributed by atoms with Crippen molar-refractivity contribution < 1.29 is 4.79 Å². The number of anilines is 2. The predicted octanol–water partition coefficient (Wildman–Crippen LogP) is 6.12. The fourth-order valence-corrected chi connectivity index (χ4v) is 4.99. The first-order valence-corrected chi connectivity index (χ1v) is 10.5. The highest BCUT2D eigenvalue weighted by atomic mass is 16.1. The zero-order valence-electron chi connectivity index (χ0n) is 17.8. The highest BCUT2D eigenvalue weighted by Crippen LogP contribution is 2.48. The van der Waals surface area contributed by atoms with Crippen LogP contribution in [0.4, 0.5) is 11.4 Å².